The van der Waals surface area contributed by atoms with Crippen molar-refractivity contribution in [3.63, 3.8) is 0 Å². The summed E-state index contributed by atoms with van der Waals surface area (Å²) in [4.78, 5) is 22.0. The van der Waals surface area contributed by atoms with Gasteiger partial charge in [-0.15, -0.1) is 0 Å². The molecule has 2 heterocycles. The molecule has 0 aliphatic carbocycles. The number of likely N-dealkylation sites (tertiary alicyclic amines) is 1. The van der Waals surface area contributed by atoms with Crippen LogP contribution in [-0.2, 0) is 6.61 Å². The first-order chi connectivity index (χ1) is 20.1. The number of para-hydroxylation sites is 2. The van der Waals surface area contributed by atoms with E-state index in [-0.39, 0.29) is 18.4 Å². The maximum atomic E-state index is 12.9. The molecule has 0 saturated carbocycles. The lowest BCUT2D eigenvalue weighted by Gasteiger charge is -2.34. The number of amides is 1. The highest BCUT2D eigenvalue weighted by Gasteiger charge is 2.25. The first-order valence-corrected chi connectivity index (χ1v) is 14.9. The Morgan fingerprint density at radius 1 is 1.00 bits per heavy atom. The number of piperidine rings is 1. The SMILES string of the molecule is CCN(CC)C(=O)c1ccc(C(CCN2CCC(n3c(CO)nc4ccccc43)CC2)c2cccc(OC)c2)cc1. The van der Waals surface area contributed by atoms with E-state index in [0.29, 0.717) is 19.1 Å². The van der Waals surface area contributed by atoms with Gasteiger partial charge in [-0.25, -0.2) is 4.98 Å². The number of rotatable bonds is 11. The molecular weight excluding hydrogens is 512 g/mol. The number of carbonyl (C=O) groups excluding carboxylic acids is 1. The molecule has 1 saturated heterocycles. The summed E-state index contributed by atoms with van der Waals surface area (Å²) in [6.45, 7) is 8.38. The summed E-state index contributed by atoms with van der Waals surface area (Å²) in [5.41, 5.74) is 5.22. The van der Waals surface area contributed by atoms with Crippen molar-refractivity contribution in [2.75, 3.05) is 39.8 Å². The van der Waals surface area contributed by atoms with Gasteiger partial charge in [0, 0.05) is 43.7 Å². The topological polar surface area (TPSA) is 70.8 Å². The van der Waals surface area contributed by atoms with Gasteiger partial charge in [-0.1, -0.05) is 36.4 Å². The summed E-state index contributed by atoms with van der Waals surface area (Å²) in [7, 11) is 1.71. The number of nitrogens with zero attached hydrogens (tertiary/aromatic N) is 4. The molecule has 1 aromatic heterocycles. The van der Waals surface area contributed by atoms with E-state index in [0.717, 1.165) is 67.1 Å². The normalized spacial score (nSPS) is 15.2. The van der Waals surface area contributed by atoms with Gasteiger partial charge in [0.25, 0.3) is 5.91 Å². The highest BCUT2D eigenvalue weighted by atomic mass is 16.5. The monoisotopic (exact) mass is 554 g/mol. The molecule has 1 atom stereocenters. The molecule has 0 bridgehead atoms. The number of hydrogen-bond donors (Lipinski definition) is 1. The lowest BCUT2D eigenvalue weighted by atomic mass is 9.87. The Labute approximate surface area is 243 Å². The highest BCUT2D eigenvalue weighted by Crippen LogP contribution is 2.33. The number of fused-ring (bicyclic) bond motifs is 1. The first kappa shape index (κ1) is 28.8. The van der Waals surface area contributed by atoms with Crippen LogP contribution in [0.3, 0.4) is 0 Å². The van der Waals surface area contributed by atoms with Gasteiger partial charge in [-0.05, 0) is 87.2 Å². The zero-order chi connectivity index (χ0) is 28.8. The minimum atomic E-state index is -0.0452. The van der Waals surface area contributed by atoms with Crippen LogP contribution >= 0.6 is 0 Å². The molecule has 41 heavy (non-hydrogen) atoms. The minimum absolute atomic E-state index is 0.0452. The van der Waals surface area contributed by atoms with E-state index in [1.807, 2.05) is 55.1 Å². The lowest BCUT2D eigenvalue weighted by molar-refractivity contribution is 0.0773. The van der Waals surface area contributed by atoms with E-state index in [4.69, 9.17) is 4.74 Å². The third-order valence-corrected chi connectivity index (χ3v) is 8.57. The van der Waals surface area contributed by atoms with Crippen LogP contribution in [0.25, 0.3) is 11.0 Å². The van der Waals surface area contributed by atoms with Crippen LogP contribution < -0.4 is 4.74 Å². The van der Waals surface area contributed by atoms with Gasteiger partial charge in [0.15, 0.2) is 0 Å². The van der Waals surface area contributed by atoms with E-state index >= 15 is 0 Å². The largest absolute Gasteiger partial charge is 0.497 e. The summed E-state index contributed by atoms with van der Waals surface area (Å²) in [5, 5.41) is 9.98. The van der Waals surface area contributed by atoms with Gasteiger partial charge in [-0.2, -0.15) is 0 Å². The molecule has 216 valence electrons. The Morgan fingerprint density at radius 3 is 2.41 bits per heavy atom. The standard InChI is InChI=1S/C34H42N4O3/c1-4-37(5-2)34(40)26-15-13-25(14-16-26)30(27-9-8-10-29(23-27)41-3)19-22-36-20-17-28(18-21-36)38-32-12-7-6-11-31(32)35-33(38)24-39/h6-16,23,28,30,39H,4-5,17-22,24H2,1-3H3. The smallest absolute Gasteiger partial charge is 0.253 e. The molecule has 7 nitrogen and oxygen atoms in total. The van der Waals surface area contributed by atoms with Crippen LogP contribution in [0.4, 0.5) is 0 Å². The number of carbonyl (C=O) groups is 1. The number of aliphatic hydroxyl groups is 1. The Hall–Kier alpha value is -3.68. The van der Waals surface area contributed by atoms with Crippen molar-refractivity contribution in [1.29, 1.82) is 0 Å². The van der Waals surface area contributed by atoms with Crippen LogP contribution in [-0.4, -0.2) is 70.2 Å². The number of benzene rings is 3. The van der Waals surface area contributed by atoms with Gasteiger partial charge in [0.1, 0.15) is 18.2 Å². The van der Waals surface area contributed by atoms with E-state index in [9.17, 15) is 9.90 Å². The van der Waals surface area contributed by atoms with E-state index < -0.39 is 0 Å². The van der Waals surface area contributed by atoms with Crippen LogP contribution in [0.1, 0.15) is 72.4 Å². The molecule has 1 aliphatic rings. The second-order valence-corrected chi connectivity index (χ2v) is 10.8. The second-order valence-electron chi connectivity index (χ2n) is 10.8. The van der Waals surface area contributed by atoms with Gasteiger partial charge in [0.2, 0.25) is 0 Å². The van der Waals surface area contributed by atoms with Crippen molar-refractivity contribution in [3.05, 3.63) is 95.3 Å². The predicted molar refractivity (Wildman–Crippen MR) is 164 cm³/mol. The summed E-state index contributed by atoms with van der Waals surface area (Å²) < 4.78 is 7.80. The second kappa shape index (κ2) is 13.3. The molecule has 0 spiro atoms. The molecule has 5 rings (SSSR count). The van der Waals surface area contributed by atoms with E-state index in [1.54, 1.807) is 7.11 Å². The number of aliphatic hydroxyl groups excluding tert-OH is 1. The summed E-state index contributed by atoms with van der Waals surface area (Å²) in [6, 6.07) is 25.0. The molecule has 7 heteroatoms. The predicted octanol–water partition coefficient (Wildman–Crippen LogP) is 5.88. The third-order valence-electron chi connectivity index (χ3n) is 8.57. The van der Waals surface area contributed by atoms with Crippen molar-refractivity contribution in [3.8, 4) is 5.75 Å². The number of methoxy groups -OCH3 is 1. The van der Waals surface area contributed by atoms with Gasteiger partial charge < -0.3 is 24.2 Å². The van der Waals surface area contributed by atoms with Crippen molar-refractivity contribution in [2.45, 2.75) is 51.7 Å². The van der Waals surface area contributed by atoms with E-state index in [1.165, 1.54) is 11.1 Å². The molecule has 4 aromatic rings. The Morgan fingerprint density at radius 2 is 1.73 bits per heavy atom. The summed E-state index contributed by atoms with van der Waals surface area (Å²) in [5.74, 6) is 1.89. The maximum Gasteiger partial charge on any atom is 0.253 e. The molecular formula is C34H42N4O3. The number of hydrogen-bond acceptors (Lipinski definition) is 5. The summed E-state index contributed by atoms with van der Waals surface area (Å²) >= 11 is 0. The first-order valence-electron chi connectivity index (χ1n) is 14.9. The number of imidazole rings is 1. The molecule has 0 radical (unpaired) electrons. The summed E-state index contributed by atoms with van der Waals surface area (Å²) in [6.07, 6.45) is 3.02. The Bertz CT molecular complexity index is 1440. The zero-order valence-corrected chi connectivity index (χ0v) is 24.5. The minimum Gasteiger partial charge on any atom is -0.497 e. The van der Waals surface area contributed by atoms with Crippen molar-refractivity contribution in [2.24, 2.45) is 0 Å². The fourth-order valence-electron chi connectivity index (χ4n) is 6.26. The lowest BCUT2D eigenvalue weighted by Crippen LogP contribution is -2.36. The van der Waals surface area contributed by atoms with E-state index in [2.05, 4.69) is 50.8 Å². The van der Waals surface area contributed by atoms with Crippen LogP contribution in [0.15, 0.2) is 72.8 Å². The van der Waals surface area contributed by atoms with Crippen molar-refractivity contribution < 1.29 is 14.6 Å². The quantitative estimate of drug-likeness (QED) is 0.251. The average molecular weight is 555 g/mol. The number of ether oxygens (including phenoxy) is 1. The van der Waals surface area contributed by atoms with Crippen molar-refractivity contribution >= 4 is 16.9 Å². The van der Waals surface area contributed by atoms with Crippen molar-refractivity contribution in [1.82, 2.24) is 19.4 Å². The third kappa shape index (κ3) is 6.31. The van der Waals surface area contributed by atoms with Gasteiger partial charge >= 0.3 is 0 Å². The molecule has 1 aliphatic heterocycles. The Kier molecular flexibility index (Phi) is 9.37. The van der Waals surface area contributed by atoms with Crippen LogP contribution in [0.5, 0.6) is 5.75 Å². The average Bonchev–Trinajstić information content (AvgIpc) is 3.41. The highest BCUT2D eigenvalue weighted by molar-refractivity contribution is 5.94. The molecule has 3 aromatic carbocycles. The molecule has 1 N–H and O–H groups in total. The van der Waals surface area contributed by atoms with Gasteiger partial charge in [-0.3, -0.25) is 4.79 Å². The van der Waals surface area contributed by atoms with Crippen LogP contribution in [0, 0.1) is 0 Å². The molecule has 1 unspecified atom stereocenters. The molecule has 1 fully saturated rings. The van der Waals surface area contributed by atoms with Crippen LogP contribution in [0.2, 0.25) is 0 Å². The van der Waals surface area contributed by atoms with Gasteiger partial charge in [0.05, 0.1) is 18.1 Å². The Balaban J connectivity index is 1.30. The fraction of sp³-hybridized carbons (Fsp3) is 0.412. The number of aromatic nitrogens is 2. The molecule has 1 amide bonds. The fourth-order valence-corrected chi connectivity index (χ4v) is 6.26. The zero-order valence-electron chi connectivity index (χ0n) is 24.5. The maximum absolute atomic E-state index is 12.9.